The number of aromatic nitrogens is 1. The van der Waals surface area contributed by atoms with Gasteiger partial charge in [-0.1, -0.05) is 29.8 Å². The van der Waals surface area contributed by atoms with Gasteiger partial charge >= 0.3 is 5.97 Å². The standard InChI is InChI=1S/C28H27ClN2O3/c1-16-8-7-9-22(12-16)31-20(5)26(28(33)34-6)24(27(31)32)14-21-13-18(3)30(19(21)4)23-11-10-17(2)25(29)15-23/h7-15H,1-6H3/b24-14-. The Bertz CT molecular complexity index is 1390. The summed E-state index contributed by atoms with van der Waals surface area (Å²) in [4.78, 5) is 27.9. The molecule has 1 amide bonds. The van der Waals surface area contributed by atoms with E-state index in [1.807, 2.05) is 76.2 Å². The van der Waals surface area contributed by atoms with Crippen molar-refractivity contribution >= 4 is 35.2 Å². The van der Waals surface area contributed by atoms with Crippen molar-refractivity contribution in [1.29, 1.82) is 0 Å². The van der Waals surface area contributed by atoms with Gasteiger partial charge in [0.05, 0.1) is 18.3 Å². The molecule has 0 bridgehead atoms. The van der Waals surface area contributed by atoms with Gasteiger partial charge in [-0.2, -0.15) is 0 Å². The Morgan fingerprint density at radius 2 is 1.71 bits per heavy atom. The number of esters is 1. The summed E-state index contributed by atoms with van der Waals surface area (Å²) < 4.78 is 7.13. The minimum Gasteiger partial charge on any atom is -0.465 e. The molecule has 1 aliphatic rings. The van der Waals surface area contributed by atoms with Crippen LogP contribution in [0.1, 0.15) is 35.0 Å². The Kier molecular flexibility index (Phi) is 6.24. The third-order valence-corrected chi connectivity index (χ3v) is 6.64. The van der Waals surface area contributed by atoms with Crippen LogP contribution in [-0.4, -0.2) is 23.6 Å². The first-order valence-corrected chi connectivity index (χ1v) is 11.4. The number of hydrogen-bond acceptors (Lipinski definition) is 3. The molecule has 0 saturated carbocycles. The summed E-state index contributed by atoms with van der Waals surface area (Å²) in [5.41, 5.74) is 7.60. The number of halogens is 1. The molecule has 0 saturated heterocycles. The highest BCUT2D eigenvalue weighted by Gasteiger charge is 2.38. The van der Waals surface area contributed by atoms with Crippen LogP contribution in [0.15, 0.2) is 65.4 Å². The SMILES string of the molecule is COC(=O)C1=C(C)N(c2cccc(C)c2)C(=O)/C1=C\c1cc(C)n(-c2ccc(C)c(Cl)c2)c1C. The van der Waals surface area contributed by atoms with E-state index in [1.54, 1.807) is 17.9 Å². The molecule has 5 nitrogen and oxygen atoms in total. The van der Waals surface area contributed by atoms with Crippen molar-refractivity contribution in [3.63, 3.8) is 0 Å². The first kappa shape index (κ1) is 23.6. The molecule has 0 atom stereocenters. The van der Waals surface area contributed by atoms with Crippen molar-refractivity contribution < 1.29 is 14.3 Å². The summed E-state index contributed by atoms with van der Waals surface area (Å²) in [6.45, 7) is 9.68. The Balaban J connectivity index is 1.85. The molecule has 4 rings (SSSR count). The molecule has 0 radical (unpaired) electrons. The molecular formula is C28H27ClN2O3. The number of aryl methyl sites for hydroxylation is 3. The number of carbonyl (C=O) groups excluding carboxylic acids is 2. The third kappa shape index (κ3) is 3.97. The second kappa shape index (κ2) is 8.99. The quantitative estimate of drug-likeness (QED) is 0.332. The smallest absolute Gasteiger partial charge is 0.340 e. The zero-order chi connectivity index (χ0) is 24.7. The Labute approximate surface area is 204 Å². The van der Waals surface area contributed by atoms with Crippen LogP contribution in [0.5, 0.6) is 0 Å². The van der Waals surface area contributed by atoms with E-state index < -0.39 is 5.97 Å². The molecule has 0 N–H and O–H groups in total. The number of carbonyl (C=O) groups is 2. The summed E-state index contributed by atoms with van der Waals surface area (Å²) in [5.74, 6) is -0.793. The maximum atomic E-state index is 13.6. The van der Waals surface area contributed by atoms with E-state index in [0.29, 0.717) is 22.0 Å². The van der Waals surface area contributed by atoms with Crippen molar-refractivity contribution in [3.05, 3.63) is 98.5 Å². The molecule has 0 spiro atoms. The molecule has 0 unspecified atom stereocenters. The Morgan fingerprint density at radius 3 is 2.35 bits per heavy atom. The number of allylic oxidation sites excluding steroid dienone is 1. The lowest BCUT2D eigenvalue weighted by atomic mass is 10.0. The zero-order valence-electron chi connectivity index (χ0n) is 20.2. The normalized spacial score (nSPS) is 15.0. The fraction of sp³-hybridized carbons (Fsp3) is 0.214. The van der Waals surface area contributed by atoms with Crippen LogP contribution in [0, 0.1) is 27.7 Å². The van der Waals surface area contributed by atoms with Gasteiger partial charge in [0, 0.05) is 33.5 Å². The Morgan fingerprint density at radius 1 is 0.971 bits per heavy atom. The molecular weight excluding hydrogens is 448 g/mol. The van der Waals surface area contributed by atoms with Crippen LogP contribution >= 0.6 is 11.6 Å². The largest absolute Gasteiger partial charge is 0.465 e. The number of rotatable bonds is 4. The summed E-state index contributed by atoms with van der Waals surface area (Å²) in [6.07, 6.45) is 1.78. The molecule has 6 heteroatoms. The second-order valence-electron chi connectivity index (χ2n) is 8.58. The van der Waals surface area contributed by atoms with Crippen molar-refractivity contribution in [1.82, 2.24) is 4.57 Å². The van der Waals surface area contributed by atoms with E-state index >= 15 is 0 Å². The average molecular weight is 475 g/mol. The monoisotopic (exact) mass is 474 g/mol. The van der Waals surface area contributed by atoms with E-state index in [9.17, 15) is 9.59 Å². The summed E-state index contributed by atoms with van der Waals surface area (Å²) in [5, 5.41) is 0.691. The number of hydrogen-bond donors (Lipinski definition) is 0. The number of ether oxygens (including phenoxy) is 1. The lowest BCUT2D eigenvalue weighted by molar-refractivity contribution is -0.136. The molecule has 3 aromatic rings. The van der Waals surface area contributed by atoms with Gasteiger partial charge in [0.1, 0.15) is 0 Å². The van der Waals surface area contributed by atoms with Crippen LogP contribution in [-0.2, 0) is 14.3 Å². The van der Waals surface area contributed by atoms with E-state index in [-0.39, 0.29) is 11.5 Å². The predicted molar refractivity (Wildman–Crippen MR) is 136 cm³/mol. The van der Waals surface area contributed by atoms with Gasteiger partial charge in [-0.05, 0) is 87.7 Å². The van der Waals surface area contributed by atoms with Crippen molar-refractivity contribution in [3.8, 4) is 5.69 Å². The van der Waals surface area contributed by atoms with E-state index in [0.717, 1.165) is 33.8 Å². The summed E-state index contributed by atoms with van der Waals surface area (Å²) in [6, 6.07) is 15.6. The minimum absolute atomic E-state index is 0.258. The van der Waals surface area contributed by atoms with Gasteiger partial charge < -0.3 is 9.30 Å². The number of methoxy groups -OCH3 is 1. The van der Waals surface area contributed by atoms with Crippen molar-refractivity contribution in [2.24, 2.45) is 0 Å². The van der Waals surface area contributed by atoms with Gasteiger partial charge in [0.15, 0.2) is 0 Å². The first-order valence-electron chi connectivity index (χ1n) is 11.0. The molecule has 1 aliphatic heterocycles. The molecule has 1 aromatic heterocycles. The molecule has 34 heavy (non-hydrogen) atoms. The zero-order valence-corrected chi connectivity index (χ0v) is 20.9. The highest BCUT2D eigenvalue weighted by molar-refractivity contribution is 6.31. The first-order chi connectivity index (χ1) is 16.1. The van der Waals surface area contributed by atoms with Crippen LogP contribution in [0.2, 0.25) is 5.02 Å². The van der Waals surface area contributed by atoms with E-state index in [1.165, 1.54) is 7.11 Å². The van der Waals surface area contributed by atoms with Crippen LogP contribution in [0.25, 0.3) is 11.8 Å². The fourth-order valence-corrected chi connectivity index (χ4v) is 4.64. The van der Waals surface area contributed by atoms with Crippen LogP contribution < -0.4 is 4.90 Å². The van der Waals surface area contributed by atoms with Crippen molar-refractivity contribution in [2.75, 3.05) is 12.0 Å². The van der Waals surface area contributed by atoms with Gasteiger partial charge in [0.2, 0.25) is 0 Å². The van der Waals surface area contributed by atoms with Crippen LogP contribution in [0.4, 0.5) is 5.69 Å². The lowest BCUT2D eigenvalue weighted by Gasteiger charge is -2.18. The van der Waals surface area contributed by atoms with E-state index in [4.69, 9.17) is 16.3 Å². The summed E-state index contributed by atoms with van der Waals surface area (Å²) in [7, 11) is 1.33. The Hall–Kier alpha value is -3.57. The summed E-state index contributed by atoms with van der Waals surface area (Å²) >= 11 is 6.37. The molecule has 0 aliphatic carbocycles. The maximum Gasteiger partial charge on any atom is 0.340 e. The number of nitrogens with zero attached hydrogens (tertiary/aromatic N) is 2. The second-order valence-corrected chi connectivity index (χ2v) is 8.99. The highest BCUT2D eigenvalue weighted by atomic mass is 35.5. The van der Waals surface area contributed by atoms with Crippen LogP contribution in [0.3, 0.4) is 0 Å². The van der Waals surface area contributed by atoms with Gasteiger partial charge in [-0.25, -0.2) is 4.79 Å². The molecule has 174 valence electrons. The highest BCUT2D eigenvalue weighted by Crippen LogP contribution is 2.36. The van der Waals surface area contributed by atoms with Gasteiger partial charge in [-0.15, -0.1) is 0 Å². The predicted octanol–water partition coefficient (Wildman–Crippen LogP) is 6.24. The maximum absolute atomic E-state index is 13.6. The molecule has 2 aromatic carbocycles. The average Bonchev–Trinajstić information content (AvgIpc) is 3.21. The van der Waals surface area contributed by atoms with Crippen molar-refractivity contribution in [2.45, 2.75) is 34.6 Å². The van der Waals surface area contributed by atoms with Gasteiger partial charge in [-0.3, -0.25) is 9.69 Å². The lowest BCUT2D eigenvalue weighted by Crippen LogP contribution is -2.24. The minimum atomic E-state index is -0.536. The number of amides is 1. The number of benzene rings is 2. The third-order valence-electron chi connectivity index (χ3n) is 6.23. The molecule has 0 fully saturated rings. The number of anilines is 1. The topological polar surface area (TPSA) is 51.5 Å². The van der Waals surface area contributed by atoms with E-state index in [2.05, 4.69) is 4.57 Å². The molecule has 2 heterocycles. The fourth-order valence-electron chi connectivity index (χ4n) is 4.47. The van der Waals surface area contributed by atoms with Gasteiger partial charge in [0.25, 0.3) is 5.91 Å².